The second kappa shape index (κ2) is 4.81. The summed E-state index contributed by atoms with van der Waals surface area (Å²) in [6.45, 7) is 4.44. The van der Waals surface area contributed by atoms with Gasteiger partial charge in [0.05, 0.1) is 0 Å². The number of hydrogen-bond acceptors (Lipinski definition) is 0. The highest BCUT2D eigenvalue weighted by Gasteiger charge is 2.19. The van der Waals surface area contributed by atoms with Gasteiger partial charge >= 0.3 is 0 Å². The summed E-state index contributed by atoms with van der Waals surface area (Å²) in [4.78, 5) is 0. The Hall–Kier alpha value is -1.82. The van der Waals surface area contributed by atoms with Crippen LogP contribution in [0.3, 0.4) is 0 Å². The average Bonchev–Trinajstić information content (AvgIpc) is 2.68. The summed E-state index contributed by atoms with van der Waals surface area (Å²) < 4.78 is 0. The summed E-state index contributed by atoms with van der Waals surface area (Å²) in [5, 5.41) is 0. The molecule has 0 unspecified atom stereocenters. The minimum absolute atomic E-state index is 0. The van der Waals surface area contributed by atoms with E-state index in [0.717, 1.165) is 6.42 Å². The Morgan fingerprint density at radius 3 is 2.06 bits per heavy atom. The average molecular weight is 236 g/mol. The van der Waals surface area contributed by atoms with Crippen LogP contribution in [0.4, 0.5) is 0 Å². The monoisotopic (exact) mass is 236 g/mol. The Labute approximate surface area is 110 Å². The number of allylic oxidation sites excluding steroid dienone is 2. The molecule has 0 saturated heterocycles. The van der Waals surface area contributed by atoms with E-state index in [1.807, 2.05) is 0 Å². The first-order valence-electron chi connectivity index (χ1n) is 6.11. The molecule has 2 aromatic carbocycles. The maximum absolute atomic E-state index is 2.24. The van der Waals surface area contributed by atoms with E-state index in [4.69, 9.17) is 0 Å². The van der Waals surface area contributed by atoms with E-state index in [1.165, 1.54) is 33.4 Å². The summed E-state index contributed by atoms with van der Waals surface area (Å²) in [6, 6.07) is 17.4. The highest BCUT2D eigenvalue weighted by Crippen LogP contribution is 2.38. The third-order valence-electron chi connectivity index (χ3n) is 3.71. The van der Waals surface area contributed by atoms with Crippen LogP contribution in [-0.2, 0) is 6.42 Å². The largest absolute Gasteiger partial charge is 0.0776 e. The van der Waals surface area contributed by atoms with Gasteiger partial charge in [0, 0.05) is 0 Å². The van der Waals surface area contributed by atoms with Gasteiger partial charge in [-0.15, -0.1) is 0 Å². The van der Waals surface area contributed by atoms with E-state index in [-0.39, 0.29) is 7.43 Å². The van der Waals surface area contributed by atoms with Gasteiger partial charge < -0.3 is 0 Å². The van der Waals surface area contributed by atoms with Crippen LogP contribution in [0.2, 0.25) is 0 Å². The van der Waals surface area contributed by atoms with Gasteiger partial charge in [-0.1, -0.05) is 56.0 Å². The smallest absolute Gasteiger partial charge is 0.00108 e. The summed E-state index contributed by atoms with van der Waals surface area (Å²) in [7, 11) is 0. The fraction of sp³-hybridized carbons (Fsp3) is 0.222. The van der Waals surface area contributed by atoms with E-state index in [2.05, 4.69) is 62.4 Å². The Morgan fingerprint density at radius 2 is 1.39 bits per heavy atom. The van der Waals surface area contributed by atoms with Crippen LogP contribution < -0.4 is 0 Å². The summed E-state index contributed by atoms with van der Waals surface area (Å²) in [6.07, 6.45) is 1.08. The number of rotatable bonds is 1. The highest BCUT2D eigenvalue weighted by molar-refractivity contribution is 5.96. The number of fused-ring (bicyclic) bond motifs is 1. The predicted octanol–water partition coefficient (Wildman–Crippen LogP) is 5.12. The lowest BCUT2D eigenvalue weighted by molar-refractivity contribution is 1.30. The fourth-order valence-corrected chi connectivity index (χ4v) is 2.73. The molecule has 0 heteroatoms. The van der Waals surface area contributed by atoms with Gasteiger partial charge in [0.2, 0.25) is 0 Å². The molecule has 0 aromatic heterocycles. The van der Waals surface area contributed by atoms with Crippen LogP contribution in [0.1, 0.15) is 36.6 Å². The van der Waals surface area contributed by atoms with Crippen molar-refractivity contribution in [3.8, 4) is 0 Å². The Bertz CT molecular complexity index is 603. The molecule has 0 bridgehead atoms. The molecule has 0 saturated carbocycles. The molecule has 18 heavy (non-hydrogen) atoms. The zero-order chi connectivity index (χ0) is 11.8. The second-order valence-electron chi connectivity index (χ2n) is 4.75. The molecule has 92 valence electrons. The van der Waals surface area contributed by atoms with E-state index < -0.39 is 0 Å². The van der Waals surface area contributed by atoms with Gasteiger partial charge in [0.1, 0.15) is 0 Å². The van der Waals surface area contributed by atoms with E-state index in [0.29, 0.717) is 0 Å². The van der Waals surface area contributed by atoms with Crippen molar-refractivity contribution in [1.29, 1.82) is 0 Å². The molecule has 0 spiro atoms. The lowest BCUT2D eigenvalue weighted by Gasteiger charge is -2.08. The first-order chi connectivity index (χ1) is 8.27. The van der Waals surface area contributed by atoms with E-state index in [1.54, 1.807) is 0 Å². The molecule has 0 radical (unpaired) electrons. The molecule has 1 aliphatic rings. The second-order valence-corrected chi connectivity index (χ2v) is 4.75. The number of benzene rings is 2. The van der Waals surface area contributed by atoms with Gasteiger partial charge in [-0.25, -0.2) is 0 Å². The van der Waals surface area contributed by atoms with Gasteiger partial charge in [0.25, 0.3) is 0 Å². The molecule has 1 aliphatic carbocycles. The fourth-order valence-electron chi connectivity index (χ4n) is 2.73. The lowest BCUT2D eigenvalue weighted by atomic mass is 9.97. The van der Waals surface area contributed by atoms with Crippen molar-refractivity contribution < 1.29 is 0 Å². The first kappa shape index (κ1) is 12.6. The Kier molecular flexibility index (Phi) is 3.38. The Balaban J connectivity index is 0.00000120. The van der Waals surface area contributed by atoms with Crippen molar-refractivity contribution in [2.75, 3.05) is 0 Å². The van der Waals surface area contributed by atoms with Crippen molar-refractivity contribution in [3.05, 3.63) is 70.8 Å². The zero-order valence-electron chi connectivity index (χ0n) is 10.3. The molecule has 0 fully saturated rings. The van der Waals surface area contributed by atoms with Crippen molar-refractivity contribution >= 4 is 11.1 Å². The zero-order valence-corrected chi connectivity index (χ0v) is 10.3. The molecule has 0 aliphatic heterocycles. The van der Waals surface area contributed by atoms with Gasteiger partial charge in [-0.05, 0) is 53.7 Å². The van der Waals surface area contributed by atoms with Crippen LogP contribution in [0.25, 0.3) is 11.1 Å². The highest BCUT2D eigenvalue weighted by atomic mass is 14.2. The molecule has 3 rings (SSSR count). The third kappa shape index (κ3) is 1.88. The molecule has 0 heterocycles. The molecule has 2 aromatic rings. The summed E-state index contributed by atoms with van der Waals surface area (Å²) in [5.74, 6) is 0. The molecule has 0 N–H and O–H groups in total. The van der Waals surface area contributed by atoms with Crippen LogP contribution in [-0.4, -0.2) is 0 Å². The van der Waals surface area contributed by atoms with Crippen LogP contribution in [0.15, 0.2) is 48.5 Å². The van der Waals surface area contributed by atoms with Crippen molar-refractivity contribution in [3.63, 3.8) is 0 Å². The van der Waals surface area contributed by atoms with Crippen LogP contribution in [0, 0.1) is 6.92 Å². The number of aryl methyl sites for hydroxylation is 1. The van der Waals surface area contributed by atoms with Crippen molar-refractivity contribution in [2.24, 2.45) is 0 Å². The molecule has 0 atom stereocenters. The normalized spacial score (nSPS) is 13.2. The van der Waals surface area contributed by atoms with Crippen molar-refractivity contribution in [2.45, 2.75) is 27.7 Å². The molecule has 0 amide bonds. The molecule has 0 nitrogen and oxygen atoms in total. The SMILES string of the molecule is C.CC1=C(c2ccccc2C)Cc2ccccc21. The molecular formula is C18H20. The van der Waals surface area contributed by atoms with Crippen LogP contribution >= 0.6 is 0 Å². The first-order valence-corrected chi connectivity index (χ1v) is 6.11. The summed E-state index contributed by atoms with van der Waals surface area (Å²) >= 11 is 0. The standard InChI is InChI=1S/C17H16.CH4/c1-12-7-3-5-9-15(12)17-11-14-8-4-6-10-16(14)13(17)2;/h3-10H,11H2,1-2H3;1H4. The quantitative estimate of drug-likeness (QED) is 0.645. The number of hydrogen-bond donors (Lipinski definition) is 0. The van der Waals surface area contributed by atoms with E-state index in [9.17, 15) is 0 Å². The van der Waals surface area contributed by atoms with Crippen LogP contribution in [0.5, 0.6) is 0 Å². The minimum atomic E-state index is 0. The summed E-state index contributed by atoms with van der Waals surface area (Å²) in [5.41, 5.74) is 8.59. The third-order valence-corrected chi connectivity index (χ3v) is 3.71. The lowest BCUT2D eigenvalue weighted by Crippen LogP contribution is -1.89. The maximum atomic E-state index is 2.24. The van der Waals surface area contributed by atoms with Gasteiger partial charge in [-0.2, -0.15) is 0 Å². The maximum Gasteiger partial charge on any atom is -0.00108 e. The van der Waals surface area contributed by atoms with E-state index >= 15 is 0 Å². The topological polar surface area (TPSA) is 0 Å². The van der Waals surface area contributed by atoms with Gasteiger partial charge in [0.15, 0.2) is 0 Å². The minimum Gasteiger partial charge on any atom is -0.0776 e. The molecular weight excluding hydrogens is 216 g/mol. The van der Waals surface area contributed by atoms with Crippen molar-refractivity contribution in [1.82, 2.24) is 0 Å². The Morgan fingerprint density at radius 1 is 0.778 bits per heavy atom. The predicted molar refractivity (Wildman–Crippen MR) is 80.5 cm³/mol. The van der Waals surface area contributed by atoms with Gasteiger partial charge in [-0.3, -0.25) is 0 Å².